The van der Waals surface area contributed by atoms with Crippen LogP contribution in [0.1, 0.15) is 11.1 Å². The third kappa shape index (κ3) is 4.70. The summed E-state index contributed by atoms with van der Waals surface area (Å²) in [6, 6.07) is 7.59. The van der Waals surface area contributed by atoms with E-state index >= 15 is 0 Å². The van der Waals surface area contributed by atoms with E-state index in [2.05, 4.69) is 30.4 Å². The quantitative estimate of drug-likeness (QED) is 0.860. The molecule has 1 aliphatic heterocycles. The molecular weight excluding hydrogens is 328 g/mol. The summed E-state index contributed by atoms with van der Waals surface area (Å²) in [5.74, 6) is 0.790. The first-order chi connectivity index (χ1) is 12.6. The largest absolute Gasteiger partial charge is 0.338 e. The maximum absolute atomic E-state index is 12.1. The zero-order valence-electron chi connectivity index (χ0n) is 15.4. The van der Waals surface area contributed by atoms with E-state index in [1.54, 1.807) is 12.4 Å². The van der Waals surface area contributed by atoms with Gasteiger partial charge in [0, 0.05) is 57.3 Å². The molecule has 3 rings (SSSR count). The molecule has 0 saturated carbocycles. The number of aryl methyl sites for hydroxylation is 1. The maximum atomic E-state index is 12.1. The van der Waals surface area contributed by atoms with Crippen LogP contribution in [0, 0.1) is 13.8 Å². The number of piperazine rings is 1. The first kappa shape index (κ1) is 18.1. The molecule has 2 N–H and O–H groups in total. The van der Waals surface area contributed by atoms with Gasteiger partial charge in [-0.1, -0.05) is 12.1 Å². The highest BCUT2D eigenvalue weighted by Gasteiger charge is 2.18. The number of benzene rings is 1. The lowest BCUT2D eigenvalue weighted by Gasteiger charge is -2.34. The minimum absolute atomic E-state index is 0.157. The number of urea groups is 1. The number of nitrogens with one attached hydrogen (secondary N) is 2. The maximum Gasteiger partial charge on any atom is 0.319 e. The van der Waals surface area contributed by atoms with Crippen LogP contribution in [-0.4, -0.2) is 60.2 Å². The van der Waals surface area contributed by atoms with E-state index in [0.29, 0.717) is 6.54 Å². The van der Waals surface area contributed by atoms with Gasteiger partial charge >= 0.3 is 6.03 Å². The Morgan fingerprint density at radius 1 is 1.08 bits per heavy atom. The van der Waals surface area contributed by atoms with Crippen molar-refractivity contribution >= 4 is 17.7 Å². The fourth-order valence-corrected chi connectivity index (χ4v) is 3.01. The van der Waals surface area contributed by atoms with E-state index in [9.17, 15) is 4.79 Å². The number of carbonyl (C=O) groups excluding carboxylic acids is 1. The van der Waals surface area contributed by atoms with Crippen LogP contribution in [-0.2, 0) is 0 Å². The number of rotatable bonds is 5. The van der Waals surface area contributed by atoms with Crippen LogP contribution in [0.4, 0.5) is 16.4 Å². The third-order valence-corrected chi connectivity index (χ3v) is 4.77. The SMILES string of the molecule is Cc1cccc(NC(=O)NCCN2CCN(c3ncccn3)CC2)c1C. The predicted octanol–water partition coefficient (Wildman–Crippen LogP) is 2.04. The van der Waals surface area contributed by atoms with Gasteiger partial charge in [-0.15, -0.1) is 0 Å². The fraction of sp³-hybridized carbons (Fsp3) is 0.421. The van der Waals surface area contributed by atoms with E-state index in [1.165, 1.54) is 5.56 Å². The molecule has 1 fully saturated rings. The Kier molecular flexibility index (Phi) is 6.01. The van der Waals surface area contributed by atoms with Gasteiger partial charge in [-0.2, -0.15) is 0 Å². The summed E-state index contributed by atoms with van der Waals surface area (Å²) in [5, 5.41) is 5.86. The molecule has 7 nitrogen and oxygen atoms in total. The van der Waals surface area contributed by atoms with Gasteiger partial charge in [0.2, 0.25) is 5.95 Å². The van der Waals surface area contributed by atoms with Crippen LogP contribution in [0.25, 0.3) is 0 Å². The molecule has 7 heteroatoms. The number of hydrogen-bond acceptors (Lipinski definition) is 5. The van der Waals surface area contributed by atoms with Crippen molar-refractivity contribution in [1.29, 1.82) is 0 Å². The van der Waals surface area contributed by atoms with Crippen molar-refractivity contribution in [3.8, 4) is 0 Å². The van der Waals surface area contributed by atoms with Crippen LogP contribution in [0.3, 0.4) is 0 Å². The first-order valence-corrected chi connectivity index (χ1v) is 8.99. The highest BCUT2D eigenvalue weighted by atomic mass is 16.2. The van der Waals surface area contributed by atoms with Gasteiger partial charge in [0.15, 0.2) is 0 Å². The predicted molar refractivity (Wildman–Crippen MR) is 104 cm³/mol. The van der Waals surface area contributed by atoms with E-state index < -0.39 is 0 Å². The average Bonchev–Trinajstić information content (AvgIpc) is 2.67. The zero-order valence-corrected chi connectivity index (χ0v) is 15.4. The summed E-state index contributed by atoms with van der Waals surface area (Å²) in [5.41, 5.74) is 3.13. The van der Waals surface area contributed by atoms with E-state index in [0.717, 1.165) is 49.9 Å². The molecule has 0 atom stereocenters. The molecular formula is C19H26N6O. The molecule has 1 saturated heterocycles. The summed E-state index contributed by atoms with van der Waals surface area (Å²) < 4.78 is 0. The van der Waals surface area contributed by atoms with E-state index in [1.807, 2.05) is 38.1 Å². The van der Waals surface area contributed by atoms with E-state index in [-0.39, 0.29) is 6.03 Å². The number of hydrogen-bond donors (Lipinski definition) is 2. The molecule has 0 aliphatic carbocycles. The molecule has 26 heavy (non-hydrogen) atoms. The van der Waals surface area contributed by atoms with Crippen molar-refractivity contribution in [3.05, 3.63) is 47.8 Å². The minimum Gasteiger partial charge on any atom is -0.338 e. The number of carbonyl (C=O) groups is 1. The lowest BCUT2D eigenvalue weighted by Crippen LogP contribution is -2.49. The van der Waals surface area contributed by atoms with Gasteiger partial charge in [0.1, 0.15) is 0 Å². The van der Waals surface area contributed by atoms with Crippen LogP contribution in [0.2, 0.25) is 0 Å². The molecule has 0 spiro atoms. The number of amides is 2. The molecule has 1 aliphatic rings. The van der Waals surface area contributed by atoms with Gasteiger partial charge in [0.25, 0.3) is 0 Å². The second-order valence-electron chi connectivity index (χ2n) is 6.51. The van der Waals surface area contributed by atoms with Crippen molar-refractivity contribution in [2.45, 2.75) is 13.8 Å². The Bertz CT molecular complexity index is 728. The van der Waals surface area contributed by atoms with Crippen LogP contribution in [0.15, 0.2) is 36.7 Å². The Hall–Kier alpha value is -2.67. The minimum atomic E-state index is -0.157. The molecule has 0 bridgehead atoms. The Balaban J connectivity index is 1.38. The van der Waals surface area contributed by atoms with Gasteiger partial charge in [-0.3, -0.25) is 4.90 Å². The lowest BCUT2D eigenvalue weighted by atomic mass is 10.1. The third-order valence-electron chi connectivity index (χ3n) is 4.77. The summed E-state index contributed by atoms with van der Waals surface area (Å²) in [6.07, 6.45) is 3.54. The first-order valence-electron chi connectivity index (χ1n) is 8.99. The molecule has 138 valence electrons. The second kappa shape index (κ2) is 8.62. The van der Waals surface area contributed by atoms with Crippen molar-refractivity contribution in [1.82, 2.24) is 20.2 Å². The van der Waals surface area contributed by atoms with Gasteiger partial charge in [-0.25, -0.2) is 14.8 Å². The highest BCUT2D eigenvalue weighted by molar-refractivity contribution is 5.90. The average molecular weight is 354 g/mol. The van der Waals surface area contributed by atoms with Gasteiger partial charge in [0.05, 0.1) is 0 Å². The lowest BCUT2D eigenvalue weighted by molar-refractivity contribution is 0.240. The molecule has 2 amide bonds. The highest BCUT2D eigenvalue weighted by Crippen LogP contribution is 2.17. The van der Waals surface area contributed by atoms with Crippen molar-refractivity contribution in [2.75, 3.05) is 49.5 Å². The fourth-order valence-electron chi connectivity index (χ4n) is 3.01. The monoisotopic (exact) mass is 354 g/mol. The Morgan fingerprint density at radius 2 is 1.81 bits per heavy atom. The molecule has 2 aromatic rings. The molecule has 0 unspecified atom stereocenters. The van der Waals surface area contributed by atoms with Crippen molar-refractivity contribution in [2.24, 2.45) is 0 Å². The number of aromatic nitrogens is 2. The Morgan fingerprint density at radius 3 is 2.54 bits per heavy atom. The summed E-state index contributed by atoms with van der Waals surface area (Å²) in [6.45, 7) is 9.20. The van der Waals surface area contributed by atoms with Crippen LogP contribution >= 0.6 is 0 Å². The normalized spacial score (nSPS) is 14.9. The zero-order chi connectivity index (χ0) is 18.4. The molecule has 1 aromatic heterocycles. The van der Waals surface area contributed by atoms with Gasteiger partial charge < -0.3 is 15.5 Å². The van der Waals surface area contributed by atoms with Crippen molar-refractivity contribution in [3.63, 3.8) is 0 Å². The smallest absolute Gasteiger partial charge is 0.319 e. The number of anilines is 2. The molecule has 1 aromatic carbocycles. The van der Waals surface area contributed by atoms with Crippen LogP contribution < -0.4 is 15.5 Å². The number of nitrogens with zero attached hydrogens (tertiary/aromatic N) is 4. The molecule has 2 heterocycles. The molecule has 0 radical (unpaired) electrons. The topological polar surface area (TPSA) is 73.4 Å². The Labute approximate surface area is 154 Å². The van der Waals surface area contributed by atoms with E-state index in [4.69, 9.17) is 0 Å². The van der Waals surface area contributed by atoms with Gasteiger partial charge in [-0.05, 0) is 37.1 Å². The second-order valence-corrected chi connectivity index (χ2v) is 6.51. The standard InChI is InChI=1S/C19H26N6O/c1-15-5-3-6-17(16(15)2)23-19(26)22-9-10-24-11-13-25(14-12-24)18-20-7-4-8-21-18/h3-8H,9-14H2,1-2H3,(H2,22,23,26). The summed E-state index contributed by atoms with van der Waals surface area (Å²) in [4.78, 5) is 25.2. The van der Waals surface area contributed by atoms with Crippen molar-refractivity contribution < 1.29 is 4.79 Å². The summed E-state index contributed by atoms with van der Waals surface area (Å²) >= 11 is 0. The van der Waals surface area contributed by atoms with Crippen LogP contribution in [0.5, 0.6) is 0 Å². The summed E-state index contributed by atoms with van der Waals surface area (Å²) in [7, 11) is 0.